The van der Waals surface area contributed by atoms with E-state index in [1.54, 1.807) is 0 Å². The lowest BCUT2D eigenvalue weighted by atomic mass is 9.80. The normalized spacial score (nSPS) is 13.2. The van der Waals surface area contributed by atoms with Crippen molar-refractivity contribution in [1.82, 2.24) is 0 Å². The molecule has 0 spiro atoms. The Hall–Kier alpha value is -3.52. The fourth-order valence-electron chi connectivity index (χ4n) is 9.02. The molecule has 0 fully saturated rings. The van der Waals surface area contributed by atoms with Crippen molar-refractivity contribution in [3.8, 4) is 0 Å². The first-order chi connectivity index (χ1) is 26.9. The van der Waals surface area contributed by atoms with Crippen LogP contribution in [-0.2, 0) is 0 Å². The number of nitrogen functional groups attached to an aromatic ring is 2. The molecule has 300 valence electrons. The van der Waals surface area contributed by atoms with Crippen LogP contribution in [-0.4, -0.2) is 0 Å². The lowest BCUT2D eigenvalue weighted by Crippen LogP contribution is -2.07. The van der Waals surface area contributed by atoms with Gasteiger partial charge >= 0.3 is 0 Å². The minimum absolute atomic E-state index is 0.401. The molecule has 0 heterocycles. The van der Waals surface area contributed by atoms with E-state index in [9.17, 15) is 0 Å². The Kier molecular flexibility index (Phi) is 20.0. The highest BCUT2D eigenvalue weighted by Crippen LogP contribution is 2.38. The zero-order chi connectivity index (χ0) is 39.3. The predicted octanol–water partition coefficient (Wildman–Crippen LogP) is 16.1. The van der Waals surface area contributed by atoms with Gasteiger partial charge in [0.15, 0.2) is 0 Å². The Morgan fingerprint density at radius 2 is 0.618 bits per heavy atom. The number of anilines is 2. The molecule has 0 saturated carbocycles. The number of unbranched alkanes of at least 4 members (excludes halogenated alkanes) is 15. The average molecular weight is 743 g/mol. The maximum absolute atomic E-state index is 6.22. The van der Waals surface area contributed by atoms with E-state index in [0.29, 0.717) is 17.8 Å². The number of rotatable bonds is 27. The van der Waals surface area contributed by atoms with Crippen LogP contribution in [0, 0.1) is 13.8 Å². The van der Waals surface area contributed by atoms with Gasteiger partial charge in [-0.2, -0.15) is 0 Å². The van der Waals surface area contributed by atoms with E-state index in [-0.39, 0.29) is 0 Å². The first-order valence-electron chi connectivity index (χ1n) is 22.8. The second-order valence-corrected chi connectivity index (χ2v) is 16.9. The van der Waals surface area contributed by atoms with E-state index in [1.807, 2.05) is 0 Å². The van der Waals surface area contributed by atoms with Gasteiger partial charge in [0.25, 0.3) is 0 Å². The molecule has 55 heavy (non-hydrogen) atoms. The van der Waals surface area contributed by atoms with Gasteiger partial charge in [0, 0.05) is 29.1 Å². The summed E-state index contributed by atoms with van der Waals surface area (Å²) < 4.78 is 0. The van der Waals surface area contributed by atoms with Crippen LogP contribution in [0.1, 0.15) is 218 Å². The second kappa shape index (κ2) is 24.9. The number of aryl methyl sites for hydroxylation is 2. The highest BCUT2D eigenvalue weighted by Gasteiger charge is 2.21. The molecule has 2 nitrogen and oxygen atoms in total. The smallest absolute Gasteiger partial charge is 0.0316 e. The van der Waals surface area contributed by atoms with E-state index in [0.717, 1.165) is 11.4 Å². The van der Waals surface area contributed by atoms with Gasteiger partial charge in [0.2, 0.25) is 0 Å². The second-order valence-electron chi connectivity index (χ2n) is 16.9. The van der Waals surface area contributed by atoms with Crippen LogP contribution in [0.5, 0.6) is 0 Å². The van der Waals surface area contributed by atoms with E-state index in [2.05, 4.69) is 120 Å². The molecular formula is C53H78N2. The van der Waals surface area contributed by atoms with Gasteiger partial charge in [0.05, 0.1) is 0 Å². The van der Waals surface area contributed by atoms with Crippen LogP contribution in [0.25, 0.3) is 0 Å². The standard InChI is InChI=1S/C53H78N2/c1-6-9-12-15-17-19-22-25-52(49-37-35-47(54)39-41(49)4)45-31-27-43(28-32-45)51(24-21-14-11-8-3)44-29-33-46(34-30-44)53(26-23-20-18-16-13-10-7-2)50-38-36-48(55)40-42(50)5/h27-40,51-53H,6-26,54-55H2,1-5H3. The molecule has 2 heteroatoms. The molecule has 4 aromatic rings. The molecule has 0 saturated heterocycles. The van der Waals surface area contributed by atoms with Crippen LogP contribution >= 0.6 is 0 Å². The van der Waals surface area contributed by atoms with Crippen molar-refractivity contribution in [2.75, 3.05) is 11.5 Å². The quantitative estimate of drug-likeness (QED) is 0.0472. The van der Waals surface area contributed by atoms with Gasteiger partial charge in [-0.25, -0.2) is 0 Å². The minimum Gasteiger partial charge on any atom is -0.399 e. The maximum Gasteiger partial charge on any atom is 0.0316 e. The third-order valence-electron chi connectivity index (χ3n) is 12.4. The Morgan fingerprint density at radius 3 is 0.945 bits per heavy atom. The molecule has 4 aromatic carbocycles. The summed E-state index contributed by atoms with van der Waals surface area (Å²) >= 11 is 0. The van der Waals surface area contributed by atoms with E-state index in [1.165, 1.54) is 179 Å². The third kappa shape index (κ3) is 14.5. The minimum atomic E-state index is 0.401. The predicted molar refractivity (Wildman–Crippen MR) is 244 cm³/mol. The zero-order valence-electron chi connectivity index (χ0n) is 35.8. The lowest BCUT2D eigenvalue weighted by Gasteiger charge is -2.24. The molecule has 0 radical (unpaired) electrons. The van der Waals surface area contributed by atoms with Crippen LogP contribution in [0.2, 0.25) is 0 Å². The molecule has 0 aromatic heterocycles. The van der Waals surface area contributed by atoms with Crippen molar-refractivity contribution in [1.29, 1.82) is 0 Å². The Morgan fingerprint density at radius 1 is 0.345 bits per heavy atom. The molecule has 4 rings (SSSR count). The van der Waals surface area contributed by atoms with Crippen LogP contribution < -0.4 is 11.5 Å². The molecule has 2 unspecified atom stereocenters. The number of benzene rings is 4. The third-order valence-corrected chi connectivity index (χ3v) is 12.4. The molecule has 0 aliphatic carbocycles. The molecule has 2 atom stereocenters. The molecule has 0 aliphatic heterocycles. The van der Waals surface area contributed by atoms with Crippen LogP contribution in [0.15, 0.2) is 84.9 Å². The Balaban J connectivity index is 1.56. The Labute approximate surface area is 338 Å². The van der Waals surface area contributed by atoms with E-state index >= 15 is 0 Å². The molecule has 0 bridgehead atoms. The molecule has 0 aliphatic rings. The topological polar surface area (TPSA) is 52.0 Å². The lowest BCUT2D eigenvalue weighted by molar-refractivity contribution is 0.557. The number of hydrogen-bond donors (Lipinski definition) is 2. The fourth-order valence-corrected chi connectivity index (χ4v) is 9.02. The van der Waals surface area contributed by atoms with E-state index in [4.69, 9.17) is 11.5 Å². The SMILES string of the molecule is CCCCCCCCCC(c1ccc(C(CCCCCC)c2ccc(C(CCCCCCCCC)c3ccc(N)cc3C)cc2)cc1)c1ccc(N)cc1C. The summed E-state index contributed by atoms with van der Waals surface area (Å²) in [6.07, 6.45) is 27.4. The van der Waals surface area contributed by atoms with Crippen molar-refractivity contribution in [2.45, 2.75) is 187 Å². The molecule has 0 amide bonds. The largest absolute Gasteiger partial charge is 0.399 e. The Bertz CT molecular complexity index is 1500. The summed E-state index contributed by atoms with van der Waals surface area (Å²) in [5.74, 6) is 1.20. The fraction of sp³-hybridized carbons (Fsp3) is 0.547. The first kappa shape index (κ1) is 44.2. The van der Waals surface area contributed by atoms with Gasteiger partial charge in [-0.05, 0) is 102 Å². The van der Waals surface area contributed by atoms with Gasteiger partial charge in [-0.1, -0.05) is 197 Å². The van der Waals surface area contributed by atoms with Gasteiger partial charge < -0.3 is 11.5 Å². The van der Waals surface area contributed by atoms with Crippen molar-refractivity contribution in [3.05, 3.63) is 129 Å². The zero-order valence-corrected chi connectivity index (χ0v) is 35.8. The summed E-state index contributed by atoms with van der Waals surface area (Å²) in [6.45, 7) is 11.4. The van der Waals surface area contributed by atoms with Gasteiger partial charge in [0.1, 0.15) is 0 Å². The number of hydrogen-bond acceptors (Lipinski definition) is 2. The summed E-state index contributed by atoms with van der Waals surface area (Å²) in [6, 6.07) is 32.7. The van der Waals surface area contributed by atoms with Crippen LogP contribution in [0.4, 0.5) is 11.4 Å². The summed E-state index contributed by atoms with van der Waals surface area (Å²) in [5.41, 5.74) is 25.4. The van der Waals surface area contributed by atoms with Crippen molar-refractivity contribution in [3.63, 3.8) is 0 Å². The molecular weight excluding hydrogens is 665 g/mol. The average Bonchev–Trinajstić information content (AvgIpc) is 3.18. The summed E-state index contributed by atoms with van der Waals surface area (Å²) in [5, 5.41) is 0. The van der Waals surface area contributed by atoms with Crippen molar-refractivity contribution >= 4 is 11.4 Å². The highest BCUT2D eigenvalue weighted by molar-refractivity contribution is 5.50. The maximum atomic E-state index is 6.22. The summed E-state index contributed by atoms with van der Waals surface area (Å²) in [7, 11) is 0. The number of nitrogens with two attached hydrogens (primary N) is 2. The van der Waals surface area contributed by atoms with Crippen molar-refractivity contribution < 1.29 is 0 Å². The van der Waals surface area contributed by atoms with Crippen LogP contribution in [0.3, 0.4) is 0 Å². The van der Waals surface area contributed by atoms with Gasteiger partial charge in [-0.3, -0.25) is 0 Å². The van der Waals surface area contributed by atoms with Crippen molar-refractivity contribution in [2.24, 2.45) is 0 Å². The van der Waals surface area contributed by atoms with Gasteiger partial charge in [-0.15, -0.1) is 0 Å². The van der Waals surface area contributed by atoms with E-state index < -0.39 is 0 Å². The summed E-state index contributed by atoms with van der Waals surface area (Å²) in [4.78, 5) is 0. The first-order valence-corrected chi connectivity index (χ1v) is 22.8. The molecule has 4 N–H and O–H groups in total. The monoisotopic (exact) mass is 743 g/mol. The highest BCUT2D eigenvalue weighted by atomic mass is 14.5.